The lowest BCUT2D eigenvalue weighted by Gasteiger charge is -2.16. The molecule has 1 unspecified atom stereocenters. The van der Waals surface area contributed by atoms with E-state index in [0.717, 1.165) is 22.4 Å². The molecule has 1 amide bonds. The van der Waals surface area contributed by atoms with Crippen LogP contribution >= 0.6 is 0 Å². The van der Waals surface area contributed by atoms with Gasteiger partial charge in [0.25, 0.3) is 5.91 Å². The molecular formula is C19H23NO2. The molecule has 2 aromatic carbocycles. The van der Waals surface area contributed by atoms with Crippen LogP contribution < -0.4 is 10.1 Å². The highest BCUT2D eigenvalue weighted by molar-refractivity contribution is 5.78. The van der Waals surface area contributed by atoms with Crippen LogP contribution in [0.1, 0.15) is 35.2 Å². The van der Waals surface area contributed by atoms with E-state index >= 15 is 0 Å². The average molecular weight is 297 g/mol. The Balaban J connectivity index is 1.90. The van der Waals surface area contributed by atoms with Crippen LogP contribution in [-0.4, -0.2) is 12.5 Å². The number of rotatable bonds is 5. The van der Waals surface area contributed by atoms with Gasteiger partial charge in [-0.1, -0.05) is 42.0 Å². The molecule has 0 saturated heterocycles. The SMILES string of the molecule is Cc1ccc(C(C)NC(=O)COc2cccc(C)c2C)cc1. The normalized spacial score (nSPS) is 11.8. The minimum absolute atomic E-state index is 0.0283. The predicted molar refractivity (Wildman–Crippen MR) is 89.1 cm³/mol. The van der Waals surface area contributed by atoms with Crippen LogP contribution in [0.3, 0.4) is 0 Å². The number of hydrogen-bond acceptors (Lipinski definition) is 2. The Hall–Kier alpha value is -2.29. The predicted octanol–water partition coefficient (Wildman–Crippen LogP) is 3.87. The molecule has 0 heterocycles. The third-order valence-electron chi connectivity index (χ3n) is 3.87. The van der Waals surface area contributed by atoms with Crippen molar-refractivity contribution in [3.63, 3.8) is 0 Å². The van der Waals surface area contributed by atoms with Crippen molar-refractivity contribution in [2.45, 2.75) is 33.7 Å². The maximum atomic E-state index is 12.0. The van der Waals surface area contributed by atoms with Gasteiger partial charge in [-0.3, -0.25) is 4.79 Å². The van der Waals surface area contributed by atoms with E-state index in [1.54, 1.807) is 0 Å². The van der Waals surface area contributed by atoms with Gasteiger partial charge >= 0.3 is 0 Å². The summed E-state index contributed by atoms with van der Waals surface area (Å²) in [6, 6.07) is 14.0. The van der Waals surface area contributed by atoms with Gasteiger partial charge in [-0.15, -0.1) is 0 Å². The number of ether oxygens (including phenoxy) is 1. The lowest BCUT2D eigenvalue weighted by molar-refractivity contribution is -0.123. The molecule has 0 bridgehead atoms. The third-order valence-corrected chi connectivity index (χ3v) is 3.87. The van der Waals surface area contributed by atoms with Gasteiger partial charge in [0.1, 0.15) is 5.75 Å². The second-order valence-corrected chi connectivity index (χ2v) is 5.69. The second-order valence-electron chi connectivity index (χ2n) is 5.69. The lowest BCUT2D eigenvalue weighted by atomic mass is 10.1. The van der Waals surface area contributed by atoms with Gasteiger partial charge in [-0.25, -0.2) is 0 Å². The van der Waals surface area contributed by atoms with Gasteiger partial charge in [-0.2, -0.15) is 0 Å². The van der Waals surface area contributed by atoms with E-state index in [9.17, 15) is 4.79 Å². The molecule has 0 aliphatic rings. The van der Waals surface area contributed by atoms with Gasteiger partial charge in [0.2, 0.25) is 0 Å². The van der Waals surface area contributed by atoms with Crippen LogP contribution in [0, 0.1) is 20.8 Å². The second kappa shape index (κ2) is 7.12. The molecule has 2 aromatic rings. The summed E-state index contributed by atoms with van der Waals surface area (Å²) in [7, 11) is 0. The van der Waals surface area contributed by atoms with E-state index in [0.29, 0.717) is 0 Å². The van der Waals surface area contributed by atoms with Gasteiger partial charge in [-0.05, 0) is 50.5 Å². The summed E-state index contributed by atoms with van der Waals surface area (Å²) in [5, 5.41) is 2.96. The summed E-state index contributed by atoms with van der Waals surface area (Å²) in [5.74, 6) is 0.645. The van der Waals surface area contributed by atoms with Crippen molar-refractivity contribution < 1.29 is 9.53 Å². The van der Waals surface area contributed by atoms with E-state index in [1.807, 2.05) is 70.2 Å². The van der Waals surface area contributed by atoms with E-state index in [4.69, 9.17) is 4.74 Å². The molecule has 22 heavy (non-hydrogen) atoms. The standard InChI is InChI=1S/C19H23NO2/c1-13-8-10-17(11-9-13)16(4)20-19(21)12-22-18-7-5-6-14(2)15(18)3/h5-11,16H,12H2,1-4H3,(H,20,21). The Kier molecular flexibility index (Phi) is 5.21. The average Bonchev–Trinajstić information content (AvgIpc) is 2.49. The van der Waals surface area contributed by atoms with Crippen LogP contribution in [-0.2, 0) is 4.79 Å². The van der Waals surface area contributed by atoms with Crippen LogP contribution in [0.25, 0.3) is 0 Å². The Bertz CT molecular complexity index is 647. The molecule has 1 N–H and O–H groups in total. The summed E-state index contributed by atoms with van der Waals surface area (Å²) in [6.07, 6.45) is 0. The lowest BCUT2D eigenvalue weighted by Crippen LogP contribution is -2.31. The zero-order valence-corrected chi connectivity index (χ0v) is 13.6. The van der Waals surface area contributed by atoms with Gasteiger partial charge in [0, 0.05) is 0 Å². The minimum atomic E-state index is -0.117. The van der Waals surface area contributed by atoms with Crippen molar-refractivity contribution in [1.29, 1.82) is 0 Å². The number of carbonyl (C=O) groups is 1. The molecule has 0 saturated carbocycles. The van der Waals surface area contributed by atoms with E-state index in [2.05, 4.69) is 5.32 Å². The number of hydrogen-bond donors (Lipinski definition) is 1. The first kappa shape index (κ1) is 16.1. The smallest absolute Gasteiger partial charge is 0.258 e. The fourth-order valence-corrected chi connectivity index (χ4v) is 2.25. The number of aryl methyl sites for hydroxylation is 2. The fourth-order valence-electron chi connectivity index (χ4n) is 2.25. The number of nitrogens with one attached hydrogen (secondary N) is 1. The van der Waals surface area contributed by atoms with Crippen LogP contribution in [0.5, 0.6) is 5.75 Å². The fraction of sp³-hybridized carbons (Fsp3) is 0.316. The van der Waals surface area contributed by atoms with Crippen molar-refractivity contribution in [3.05, 3.63) is 64.7 Å². The molecule has 3 heteroatoms. The zero-order chi connectivity index (χ0) is 16.1. The van der Waals surface area contributed by atoms with Crippen LogP contribution in [0.2, 0.25) is 0 Å². The largest absolute Gasteiger partial charge is 0.483 e. The number of benzene rings is 2. The molecule has 0 aromatic heterocycles. The highest BCUT2D eigenvalue weighted by Crippen LogP contribution is 2.20. The number of amides is 1. The van der Waals surface area contributed by atoms with E-state index in [1.165, 1.54) is 5.56 Å². The molecule has 2 rings (SSSR count). The molecule has 116 valence electrons. The molecule has 0 aliphatic carbocycles. The van der Waals surface area contributed by atoms with Crippen LogP contribution in [0.4, 0.5) is 0 Å². The maximum Gasteiger partial charge on any atom is 0.258 e. The molecule has 0 radical (unpaired) electrons. The topological polar surface area (TPSA) is 38.3 Å². The monoisotopic (exact) mass is 297 g/mol. The molecule has 0 spiro atoms. The van der Waals surface area contributed by atoms with Crippen molar-refractivity contribution >= 4 is 5.91 Å². The summed E-state index contributed by atoms with van der Waals surface area (Å²) in [5.41, 5.74) is 4.53. The Morgan fingerprint density at radius 1 is 1.09 bits per heavy atom. The number of carbonyl (C=O) groups excluding carboxylic acids is 1. The first-order valence-electron chi connectivity index (χ1n) is 7.52. The highest BCUT2D eigenvalue weighted by Gasteiger charge is 2.11. The third kappa shape index (κ3) is 4.10. The zero-order valence-electron chi connectivity index (χ0n) is 13.6. The summed E-state index contributed by atoms with van der Waals surface area (Å²) in [6.45, 7) is 8.07. The maximum absolute atomic E-state index is 12.0. The van der Waals surface area contributed by atoms with Crippen molar-refractivity contribution in [1.82, 2.24) is 5.32 Å². The molecule has 1 atom stereocenters. The highest BCUT2D eigenvalue weighted by atomic mass is 16.5. The summed E-state index contributed by atoms with van der Waals surface area (Å²) >= 11 is 0. The first-order valence-corrected chi connectivity index (χ1v) is 7.52. The molecule has 0 aliphatic heterocycles. The Labute approximate surface area is 132 Å². The van der Waals surface area contributed by atoms with E-state index < -0.39 is 0 Å². The Morgan fingerprint density at radius 3 is 2.45 bits per heavy atom. The summed E-state index contributed by atoms with van der Waals surface area (Å²) in [4.78, 5) is 12.0. The van der Waals surface area contributed by atoms with Gasteiger partial charge < -0.3 is 10.1 Å². The first-order chi connectivity index (χ1) is 10.5. The van der Waals surface area contributed by atoms with Crippen LogP contribution in [0.15, 0.2) is 42.5 Å². The van der Waals surface area contributed by atoms with Crippen molar-refractivity contribution in [2.75, 3.05) is 6.61 Å². The quantitative estimate of drug-likeness (QED) is 0.910. The van der Waals surface area contributed by atoms with Gasteiger partial charge in [0.05, 0.1) is 6.04 Å². The van der Waals surface area contributed by atoms with Crippen molar-refractivity contribution in [3.8, 4) is 5.75 Å². The minimum Gasteiger partial charge on any atom is -0.483 e. The molecular weight excluding hydrogens is 274 g/mol. The molecule has 3 nitrogen and oxygen atoms in total. The summed E-state index contributed by atoms with van der Waals surface area (Å²) < 4.78 is 5.62. The van der Waals surface area contributed by atoms with Gasteiger partial charge in [0.15, 0.2) is 6.61 Å². The Morgan fingerprint density at radius 2 is 1.77 bits per heavy atom. The van der Waals surface area contributed by atoms with E-state index in [-0.39, 0.29) is 18.6 Å². The molecule has 0 fully saturated rings. The van der Waals surface area contributed by atoms with Crippen molar-refractivity contribution in [2.24, 2.45) is 0 Å².